The van der Waals surface area contributed by atoms with Crippen molar-refractivity contribution in [2.75, 3.05) is 0 Å². The lowest BCUT2D eigenvalue weighted by atomic mass is 10.1. The highest BCUT2D eigenvalue weighted by molar-refractivity contribution is 5.93. The van der Waals surface area contributed by atoms with Gasteiger partial charge in [0.25, 0.3) is 0 Å². The summed E-state index contributed by atoms with van der Waals surface area (Å²) in [6.45, 7) is 4.24. The standard InChI is InChI=1S/C16H22O/c1-3-4-5-6-7-16(17)13-12-15-10-8-14(2)9-11-15/h8-13H,3-7H2,1-2H3. The van der Waals surface area contributed by atoms with Crippen molar-refractivity contribution in [1.82, 2.24) is 0 Å². The molecule has 0 atom stereocenters. The molecule has 0 heterocycles. The fourth-order valence-electron chi connectivity index (χ4n) is 1.68. The molecule has 0 radical (unpaired) electrons. The highest BCUT2D eigenvalue weighted by Gasteiger charge is 1.96. The van der Waals surface area contributed by atoms with Gasteiger partial charge in [-0.15, -0.1) is 0 Å². The monoisotopic (exact) mass is 230 g/mol. The number of aryl methyl sites for hydroxylation is 1. The quantitative estimate of drug-likeness (QED) is 0.496. The second-order valence-corrected chi connectivity index (χ2v) is 4.52. The van der Waals surface area contributed by atoms with Crippen molar-refractivity contribution in [3.05, 3.63) is 41.5 Å². The predicted octanol–water partition coefficient (Wildman–Crippen LogP) is 4.55. The molecule has 0 aliphatic rings. The summed E-state index contributed by atoms with van der Waals surface area (Å²) in [7, 11) is 0. The topological polar surface area (TPSA) is 17.1 Å². The lowest BCUT2D eigenvalue weighted by Gasteiger charge is -1.97. The van der Waals surface area contributed by atoms with Crippen LogP contribution in [-0.2, 0) is 4.79 Å². The molecule has 1 nitrogen and oxygen atoms in total. The van der Waals surface area contributed by atoms with E-state index in [4.69, 9.17) is 0 Å². The fourth-order valence-corrected chi connectivity index (χ4v) is 1.68. The second-order valence-electron chi connectivity index (χ2n) is 4.52. The van der Waals surface area contributed by atoms with E-state index in [0.29, 0.717) is 6.42 Å². The molecule has 92 valence electrons. The lowest BCUT2D eigenvalue weighted by Crippen LogP contribution is -1.92. The Kier molecular flexibility index (Phi) is 6.31. The Morgan fingerprint density at radius 3 is 2.47 bits per heavy atom. The maximum atomic E-state index is 11.6. The number of benzene rings is 1. The maximum absolute atomic E-state index is 11.6. The zero-order valence-corrected chi connectivity index (χ0v) is 10.9. The van der Waals surface area contributed by atoms with E-state index < -0.39 is 0 Å². The maximum Gasteiger partial charge on any atom is 0.155 e. The van der Waals surface area contributed by atoms with Crippen molar-refractivity contribution in [3.63, 3.8) is 0 Å². The molecule has 0 aliphatic carbocycles. The Morgan fingerprint density at radius 1 is 1.12 bits per heavy atom. The lowest BCUT2D eigenvalue weighted by molar-refractivity contribution is -0.114. The summed E-state index contributed by atoms with van der Waals surface area (Å²) < 4.78 is 0. The van der Waals surface area contributed by atoms with Gasteiger partial charge in [0.2, 0.25) is 0 Å². The average molecular weight is 230 g/mol. The second kappa shape index (κ2) is 7.83. The van der Waals surface area contributed by atoms with E-state index in [2.05, 4.69) is 26.0 Å². The third-order valence-corrected chi connectivity index (χ3v) is 2.82. The predicted molar refractivity (Wildman–Crippen MR) is 74.0 cm³/mol. The van der Waals surface area contributed by atoms with Crippen LogP contribution in [-0.4, -0.2) is 5.78 Å². The van der Waals surface area contributed by atoms with Crippen LogP contribution in [0.4, 0.5) is 0 Å². The van der Waals surface area contributed by atoms with Crippen molar-refractivity contribution in [2.24, 2.45) is 0 Å². The Balaban J connectivity index is 2.32. The van der Waals surface area contributed by atoms with Gasteiger partial charge in [0, 0.05) is 6.42 Å². The summed E-state index contributed by atoms with van der Waals surface area (Å²) in [6, 6.07) is 8.20. The molecule has 0 fully saturated rings. The summed E-state index contributed by atoms with van der Waals surface area (Å²) in [5.41, 5.74) is 2.34. The molecule has 1 heteroatoms. The number of carbonyl (C=O) groups is 1. The molecule has 0 N–H and O–H groups in total. The zero-order chi connectivity index (χ0) is 12.5. The number of carbonyl (C=O) groups excluding carboxylic acids is 1. The largest absolute Gasteiger partial charge is 0.295 e. The molecule has 0 aliphatic heterocycles. The van der Waals surface area contributed by atoms with Crippen LogP contribution in [0.25, 0.3) is 6.08 Å². The molecule has 1 aromatic carbocycles. The molecule has 0 spiro atoms. The summed E-state index contributed by atoms with van der Waals surface area (Å²) in [5, 5.41) is 0. The van der Waals surface area contributed by atoms with Gasteiger partial charge in [-0.3, -0.25) is 4.79 Å². The van der Waals surface area contributed by atoms with E-state index >= 15 is 0 Å². The van der Waals surface area contributed by atoms with Gasteiger partial charge in [0.1, 0.15) is 0 Å². The summed E-state index contributed by atoms with van der Waals surface area (Å²) in [6.07, 6.45) is 8.93. The minimum absolute atomic E-state index is 0.238. The molecule has 1 rings (SSSR count). The van der Waals surface area contributed by atoms with Crippen LogP contribution in [0.3, 0.4) is 0 Å². The van der Waals surface area contributed by atoms with E-state index in [9.17, 15) is 4.79 Å². The molecule has 0 unspecified atom stereocenters. The first kappa shape index (κ1) is 13.7. The van der Waals surface area contributed by atoms with Crippen LogP contribution < -0.4 is 0 Å². The number of allylic oxidation sites excluding steroid dienone is 1. The van der Waals surface area contributed by atoms with E-state index in [1.807, 2.05) is 18.2 Å². The van der Waals surface area contributed by atoms with Crippen molar-refractivity contribution < 1.29 is 4.79 Å². The minimum Gasteiger partial charge on any atom is -0.295 e. The first-order chi connectivity index (χ1) is 8.22. The SMILES string of the molecule is CCCCCCC(=O)C=Cc1ccc(C)cc1. The minimum atomic E-state index is 0.238. The number of ketones is 1. The van der Waals surface area contributed by atoms with Crippen LogP contribution in [0.15, 0.2) is 30.3 Å². The van der Waals surface area contributed by atoms with Crippen LogP contribution in [0.2, 0.25) is 0 Å². The van der Waals surface area contributed by atoms with Crippen molar-refractivity contribution in [2.45, 2.75) is 46.0 Å². The Labute approximate surface area is 105 Å². The van der Waals surface area contributed by atoms with Gasteiger partial charge in [-0.2, -0.15) is 0 Å². The molecule has 17 heavy (non-hydrogen) atoms. The van der Waals surface area contributed by atoms with Gasteiger partial charge in [0.15, 0.2) is 5.78 Å². The Bertz CT molecular complexity index is 360. The molecule has 0 saturated carbocycles. The van der Waals surface area contributed by atoms with Gasteiger partial charge in [0.05, 0.1) is 0 Å². The van der Waals surface area contributed by atoms with Crippen LogP contribution in [0.5, 0.6) is 0 Å². The summed E-state index contributed by atoms with van der Waals surface area (Å²) >= 11 is 0. The molecular weight excluding hydrogens is 208 g/mol. The van der Waals surface area contributed by atoms with Gasteiger partial charge in [-0.25, -0.2) is 0 Å². The number of hydrogen-bond acceptors (Lipinski definition) is 1. The first-order valence-corrected chi connectivity index (χ1v) is 6.50. The highest BCUT2D eigenvalue weighted by atomic mass is 16.1. The van der Waals surface area contributed by atoms with Crippen LogP contribution in [0, 0.1) is 6.92 Å². The van der Waals surface area contributed by atoms with Gasteiger partial charge < -0.3 is 0 Å². The van der Waals surface area contributed by atoms with Gasteiger partial charge in [-0.1, -0.05) is 62.1 Å². The smallest absolute Gasteiger partial charge is 0.155 e. The first-order valence-electron chi connectivity index (χ1n) is 6.50. The molecular formula is C16H22O. The molecule has 0 bridgehead atoms. The fraction of sp³-hybridized carbons (Fsp3) is 0.438. The van der Waals surface area contributed by atoms with E-state index in [1.54, 1.807) is 6.08 Å². The average Bonchev–Trinajstić information content (AvgIpc) is 2.34. The Morgan fingerprint density at radius 2 is 1.82 bits per heavy atom. The number of unbranched alkanes of at least 4 members (excludes halogenated alkanes) is 3. The van der Waals surface area contributed by atoms with Crippen molar-refractivity contribution in [1.29, 1.82) is 0 Å². The van der Waals surface area contributed by atoms with Gasteiger partial charge >= 0.3 is 0 Å². The summed E-state index contributed by atoms with van der Waals surface area (Å²) in [5.74, 6) is 0.238. The van der Waals surface area contributed by atoms with Crippen LogP contribution >= 0.6 is 0 Å². The molecule has 0 amide bonds. The van der Waals surface area contributed by atoms with Crippen LogP contribution in [0.1, 0.15) is 50.2 Å². The third kappa shape index (κ3) is 6.06. The number of rotatable bonds is 7. The normalized spacial score (nSPS) is 10.9. The van der Waals surface area contributed by atoms with Crippen molar-refractivity contribution in [3.8, 4) is 0 Å². The third-order valence-electron chi connectivity index (χ3n) is 2.82. The molecule has 0 aromatic heterocycles. The highest BCUT2D eigenvalue weighted by Crippen LogP contribution is 2.07. The number of hydrogen-bond donors (Lipinski definition) is 0. The van der Waals surface area contributed by atoms with E-state index in [0.717, 1.165) is 12.0 Å². The summed E-state index contributed by atoms with van der Waals surface area (Å²) in [4.78, 5) is 11.6. The Hall–Kier alpha value is -1.37. The van der Waals surface area contributed by atoms with Crippen molar-refractivity contribution >= 4 is 11.9 Å². The molecule has 1 aromatic rings. The zero-order valence-electron chi connectivity index (χ0n) is 10.9. The van der Waals surface area contributed by atoms with Gasteiger partial charge in [-0.05, 0) is 25.0 Å². The van der Waals surface area contributed by atoms with E-state index in [-0.39, 0.29) is 5.78 Å². The molecule has 0 saturated heterocycles. The van der Waals surface area contributed by atoms with E-state index in [1.165, 1.54) is 24.8 Å².